The van der Waals surface area contributed by atoms with Crippen molar-refractivity contribution in [3.05, 3.63) is 29.3 Å². The largest absolute Gasteiger partial charge is 0.350 e. The Morgan fingerprint density at radius 1 is 1.09 bits per heavy atom. The van der Waals surface area contributed by atoms with Crippen molar-refractivity contribution in [3.8, 4) is 0 Å². The minimum atomic E-state index is -3.43. The fourth-order valence-electron chi connectivity index (χ4n) is 3.02. The van der Waals surface area contributed by atoms with Crippen LogP contribution in [0.3, 0.4) is 0 Å². The average molecular weight is 325 g/mol. The summed E-state index contributed by atoms with van der Waals surface area (Å²) in [6.45, 7) is 9.55. The summed E-state index contributed by atoms with van der Waals surface area (Å²) in [5.74, 6) is -0.571. The van der Waals surface area contributed by atoms with Crippen LogP contribution in [0.5, 0.6) is 0 Å². The highest BCUT2D eigenvalue weighted by molar-refractivity contribution is 7.89. The molecule has 2 fully saturated rings. The number of hydrogen-bond acceptors (Lipinski definition) is 4. The molecule has 0 unspecified atom stereocenters. The molecule has 2 aliphatic rings. The SMILES string of the molecule is Cc1ccc(S(=O)(=O)N2CC3(COC(C)(C)OC3)C2)c(C)c1. The minimum Gasteiger partial charge on any atom is -0.350 e. The second-order valence-electron chi connectivity index (χ2n) is 7.02. The van der Waals surface area contributed by atoms with Crippen LogP contribution in [0.4, 0.5) is 0 Å². The highest BCUT2D eigenvalue weighted by Gasteiger charge is 2.52. The first-order valence-electron chi connectivity index (χ1n) is 7.49. The van der Waals surface area contributed by atoms with Gasteiger partial charge in [0.25, 0.3) is 0 Å². The standard InChI is InChI=1S/C16H23NO4S/c1-12-5-6-14(13(2)7-12)22(18,19)17-8-16(9-17)10-20-15(3,4)21-11-16/h5-7H,8-11H2,1-4H3. The van der Waals surface area contributed by atoms with Crippen molar-refractivity contribution in [3.63, 3.8) is 0 Å². The Morgan fingerprint density at radius 3 is 2.23 bits per heavy atom. The highest BCUT2D eigenvalue weighted by Crippen LogP contribution is 2.40. The topological polar surface area (TPSA) is 55.8 Å². The van der Waals surface area contributed by atoms with Gasteiger partial charge in [0.1, 0.15) is 0 Å². The first kappa shape index (κ1) is 15.9. The number of nitrogens with zero attached hydrogens (tertiary/aromatic N) is 1. The van der Waals surface area contributed by atoms with Gasteiger partial charge in [-0.3, -0.25) is 0 Å². The normalized spacial score (nSPS) is 24.2. The van der Waals surface area contributed by atoms with Crippen molar-refractivity contribution >= 4 is 10.0 Å². The number of aryl methyl sites for hydroxylation is 2. The Labute approximate surface area is 132 Å². The monoisotopic (exact) mass is 325 g/mol. The molecule has 6 heteroatoms. The van der Waals surface area contributed by atoms with E-state index in [1.54, 1.807) is 6.07 Å². The summed E-state index contributed by atoms with van der Waals surface area (Å²) in [7, 11) is -3.43. The van der Waals surface area contributed by atoms with Gasteiger partial charge >= 0.3 is 0 Å². The second kappa shape index (κ2) is 5.03. The van der Waals surface area contributed by atoms with Crippen molar-refractivity contribution in [1.29, 1.82) is 0 Å². The third-order valence-corrected chi connectivity index (χ3v) is 6.38. The van der Waals surface area contributed by atoms with E-state index in [9.17, 15) is 8.42 Å². The van der Waals surface area contributed by atoms with E-state index in [0.29, 0.717) is 31.2 Å². The smallest absolute Gasteiger partial charge is 0.243 e. The fraction of sp³-hybridized carbons (Fsp3) is 0.625. The number of benzene rings is 1. The molecule has 0 saturated carbocycles. The predicted molar refractivity (Wildman–Crippen MR) is 83.1 cm³/mol. The van der Waals surface area contributed by atoms with Gasteiger partial charge in [0.15, 0.2) is 5.79 Å². The summed E-state index contributed by atoms with van der Waals surface area (Å²) >= 11 is 0. The molecular formula is C16H23NO4S. The average Bonchev–Trinajstić information content (AvgIpc) is 2.35. The molecule has 0 radical (unpaired) electrons. The Kier molecular flexibility index (Phi) is 3.64. The van der Waals surface area contributed by atoms with Gasteiger partial charge in [-0.1, -0.05) is 17.7 Å². The number of rotatable bonds is 2. The van der Waals surface area contributed by atoms with E-state index in [2.05, 4.69) is 0 Å². The molecule has 22 heavy (non-hydrogen) atoms. The van der Waals surface area contributed by atoms with Gasteiger partial charge < -0.3 is 9.47 Å². The molecule has 2 saturated heterocycles. The van der Waals surface area contributed by atoms with E-state index < -0.39 is 15.8 Å². The molecule has 122 valence electrons. The van der Waals surface area contributed by atoms with E-state index in [4.69, 9.17) is 9.47 Å². The van der Waals surface area contributed by atoms with Crippen LogP contribution < -0.4 is 0 Å². The van der Waals surface area contributed by atoms with Gasteiger partial charge in [-0.25, -0.2) is 8.42 Å². The number of ether oxygens (including phenoxy) is 2. The molecule has 1 aromatic carbocycles. The molecule has 0 N–H and O–H groups in total. The van der Waals surface area contributed by atoms with Crippen molar-refractivity contribution in [2.24, 2.45) is 5.41 Å². The van der Waals surface area contributed by atoms with Crippen LogP contribution in [-0.2, 0) is 19.5 Å². The van der Waals surface area contributed by atoms with Crippen molar-refractivity contribution < 1.29 is 17.9 Å². The maximum Gasteiger partial charge on any atom is 0.243 e. The lowest BCUT2D eigenvalue weighted by molar-refractivity contribution is -0.299. The quantitative estimate of drug-likeness (QED) is 0.835. The summed E-state index contributed by atoms with van der Waals surface area (Å²) < 4.78 is 38.4. The first-order valence-corrected chi connectivity index (χ1v) is 8.93. The van der Waals surface area contributed by atoms with Crippen LogP contribution in [0.25, 0.3) is 0 Å². The molecule has 0 aliphatic carbocycles. The summed E-state index contributed by atoms with van der Waals surface area (Å²) in [5.41, 5.74) is 1.66. The molecule has 2 heterocycles. The van der Waals surface area contributed by atoms with Gasteiger partial charge in [0.05, 0.1) is 18.1 Å². The second-order valence-corrected chi connectivity index (χ2v) is 8.93. The molecule has 2 aliphatic heterocycles. The van der Waals surface area contributed by atoms with Gasteiger partial charge in [0, 0.05) is 18.5 Å². The maximum atomic E-state index is 12.7. The summed E-state index contributed by atoms with van der Waals surface area (Å²) in [4.78, 5) is 0.394. The lowest BCUT2D eigenvalue weighted by Crippen LogP contribution is -2.65. The van der Waals surface area contributed by atoms with Gasteiger partial charge in [-0.05, 0) is 39.3 Å². The van der Waals surface area contributed by atoms with Crippen LogP contribution in [0.1, 0.15) is 25.0 Å². The molecule has 1 spiro atoms. The van der Waals surface area contributed by atoms with Crippen molar-refractivity contribution in [1.82, 2.24) is 4.31 Å². The number of hydrogen-bond donors (Lipinski definition) is 0. The molecular weight excluding hydrogens is 302 g/mol. The van der Waals surface area contributed by atoms with Crippen LogP contribution >= 0.6 is 0 Å². The van der Waals surface area contributed by atoms with Crippen LogP contribution in [0.15, 0.2) is 23.1 Å². The van der Waals surface area contributed by atoms with Crippen molar-refractivity contribution in [2.45, 2.75) is 38.4 Å². The zero-order valence-electron chi connectivity index (χ0n) is 13.5. The van der Waals surface area contributed by atoms with Gasteiger partial charge in [-0.2, -0.15) is 4.31 Å². The molecule has 0 bridgehead atoms. The Hall–Kier alpha value is -0.950. The summed E-state index contributed by atoms with van der Waals surface area (Å²) in [5, 5.41) is 0. The first-order chi connectivity index (χ1) is 10.1. The van der Waals surface area contributed by atoms with E-state index in [1.165, 1.54) is 4.31 Å². The summed E-state index contributed by atoms with van der Waals surface area (Å²) in [6.07, 6.45) is 0. The third-order valence-electron chi connectivity index (χ3n) is 4.42. The minimum absolute atomic E-state index is 0.193. The van der Waals surface area contributed by atoms with Crippen LogP contribution in [0.2, 0.25) is 0 Å². The number of sulfonamides is 1. The maximum absolute atomic E-state index is 12.7. The molecule has 3 rings (SSSR count). The molecule has 0 amide bonds. The molecule has 1 aromatic rings. The Morgan fingerprint density at radius 2 is 1.68 bits per heavy atom. The lowest BCUT2D eigenvalue weighted by Gasteiger charge is -2.53. The third kappa shape index (κ3) is 2.69. The highest BCUT2D eigenvalue weighted by atomic mass is 32.2. The predicted octanol–water partition coefficient (Wildman–Crippen LogP) is 2.08. The van der Waals surface area contributed by atoms with Crippen LogP contribution in [-0.4, -0.2) is 44.8 Å². The fourth-order valence-corrected chi connectivity index (χ4v) is 4.89. The summed E-state index contributed by atoms with van der Waals surface area (Å²) in [6, 6.07) is 5.44. The van der Waals surface area contributed by atoms with E-state index in [1.807, 2.05) is 39.8 Å². The van der Waals surface area contributed by atoms with Gasteiger partial charge in [0.2, 0.25) is 10.0 Å². The van der Waals surface area contributed by atoms with E-state index in [-0.39, 0.29) is 5.41 Å². The zero-order chi connectivity index (χ0) is 16.2. The zero-order valence-corrected chi connectivity index (χ0v) is 14.4. The lowest BCUT2D eigenvalue weighted by atomic mass is 9.82. The van der Waals surface area contributed by atoms with E-state index in [0.717, 1.165) is 11.1 Å². The van der Waals surface area contributed by atoms with Crippen molar-refractivity contribution in [2.75, 3.05) is 26.3 Å². The van der Waals surface area contributed by atoms with E-state index >= 15 is 0 Å². The molecule has 0 atom stereocenters. The van der Waals surface area contributed by atoms with Gasteiger partial charge in [-0.15, -0.1) is 0 Å². The Balaban J connectivity index is 1.74. The van der Waals surface area contributed by atoms with Crippen LogP contribution in [0, 0.1) is 19.3 Å². The molecule has 0 aromatic heterocycles. The molecule has 5 nitrogen and oxygen atoms in total. The Bertz CT molecular complexity index is 678.